The molecule has 0 aliphatic heterocycles. The number of halogens is 3. The first-order chi connectivity index (χ1) is 18.1. The third-order valence-corrected chi connectivity index (χ3v) is 8.72. The van der Waals surface area contributed by atoms with Gasteiger partial charge in [-0.1, -0.05) is 12.1 Å². The van der Waals surface area contributed by atoms with E-state index < -0.39 is 35.1 Å². The van der Waals surface area contributed by atoms with Crippen LogP contribution in [0.15, 0.2) is 53.1 Å². The fourth-order valence-electron chi connectivity index (χ4n) is 7.51. The van der Waals surface area contributed by atoms with Gasteiger partial charge in [0.15, 0.2) is 0 Å². The number of hydrogen-bond acceptors (Lipinski definition) is 4. The second-order valence-corrected chi connectivity index (χ2v) is 11.3. The highest BCUT2D eigenvalue weighted by atomic mass is 19.4. The summed E-state index contributed by atoms with van der Waals surface area (Å²) < 4.78 is 50.2. The van der Waals surface area contributed by atoms with Crippen molar-refractivity contribution in [1.82, 2.24) is 5.32 Å². The lowest BCUT2D eigenvalue weighted by molar-refractivity contribution is -0.150. The SMILES string of the molecule is O=C(NC(C(=O)O)C12CC3CC(CC(C3)C1)C2)c1ccc2occc2c1OCc1ccc(C(F)(F)F)cc1. The lowest BCUT2D eigenvalue weighted by Crippen LogP contribution is -2.59. The topological polar surface area (TPSA) is 88.8 Å². The first-order valence-corrected chi connectivity index (χ1v) is 12.9. The standard InChI is InChI=1S/C29H28F3NO5/c30-29(31,32)20-3-1-16(2-4-20)15-38-24-21-7-8-37-23(21)6-5-22(24)26(34)33-25(27(35)36)28-12-17-9-18(13-28)11-19(10-17)14-28/h1-8,17-19,25H,9-15H2,(H,33,34)(H,35,36). The number of rotatable bonds is 7. The number of benzene rings is 2. The molecule has 1 aromatic heterocycles. The Bertz CT molecular complexity index is 1340. The molecule has 1 unspecified atom stereocenters. The molecule has 4 aliphatic rings. The van der Waals surface area contributed by atoms with Gasteiger partial charge < -0.3 is 19.6 Å². The number of amides is 1. The highest BCUT2D eigenvalue weighted by Gasteiger charge is 2.56. The fourth-order valence-corrected chi connectivity index (χ4v) is 7.51. The molecule has 38 heavy (non-hydrogen) atoms. The number of aliphatic carboxylic acids is 1. The van der Waals surface area contributed by atoms with Gasteiger partial charge in [0.1, 0.15) is 24.0 Å². The Labute approximate surface area is 217 Å². The van der Waals surface area contributed by atoms with Crippen LogP contribution in [0.5, 0.6) is 5.75 Å². The summed E-state index contributed by atoms with van der Waals surface area (Å²) >= 11 is 0. The normalized spacial score (nSPS) is 26.9. The Morgan fingerprint density at radius 3 is 2.21 bits per heavy atom. The maximum Gasteiger partial charge on any atom is 0.416 e. The average Bonchev–Trinajstić information content (AvgIpc) is 3.33. The molecular formula is C29H28F3NO5. The van der Waals surface area contributed by atoms with Crippen LogP contribution in [-0.4, -0.2) is 23.0 Å². The lowest BCUT2D eigenvalue weighted by Gasteiger charge is -2.58. The molecule has 4 aliphatic carbocycles. The summed E-state index contributed by atoms with van der Waals surface area (Å²) in [6, 6.07) is 8.39. The van der Waals surface area contributed by atoms with Crippen LogP contribution in [0.1, 0.15) is 60.0 Å². The quantitative estimate of drug-likeness (QED) is 0.370. The second kappa shape index (κ2) is 9.06. The van der Waals surface area contributed by atoms with E-state index in [1.54, 1.807) is 12.1 Å². The van der Waals surface area contributed by atoms with Crippen LogP contribution in [0.2, 0.25) is 0 Å². The fraction of sp³-hybridized carbons (Fsp3) is 0.448. The van der Waals surface area contributed by atoms with Gasteiger partial charge in [-0.25, -0.2) is 4.79 Å². The Hall–Kier alpha value is -3.49. The molecule has 2 aromatic carbocycles. The molecule has 6 nitrogen and oxygen atoms in total. The number of alkyl halides is 3. The van der Waals surface area contributed by atoms with Crippen molar-refractivity contribution in [2.75, 3.05) is 0 Å². The number of hydrogen-bond donors (Lipinski definition) is 2. The minimum Gasteiger partial charge on any atom is -0.487 e. The van der Waals surface area contributed by atoms with Crippen LogP contribution in [-0.2, 0) is 17.6 Å². The van der Waals surface area contributed by atoms with E-state index in [0.717, 1.165) is 50.7 Å². The minimum atomic E-state index is -4.44. The van der Waals surface area contributed by atoms with Gasteiger partial charge in [-0.15, -0.1) is 0 Å². The Morgan fingerprint density at radius 2 is 1.63 bits per heavy atom. The molecule has 4 bridgehead atoms. The molecule has 200 valence electrons. The van der Waals surface area contributed by atoms with E-state index in [0.29, 0.717) is 34.3 Å². The van der Waals surface area contributed by atoms with E-state index in [9.17, 15) is 27.9 Å². The van der Waals surface area contributed by atoms with E-state index in [2.05, 4.69) is 5.32 Å². The summed E-state index contributed by atoms with van der Waals surface area (Å²) in [7, 11) is 0. The molecule has 1 amide bonds. The van der Waals surface area contributed by atoms with Crippen molar-refractivity contribution in [2.24, 2.45) is 23.2 Å². The van der Waals surface area contributed by atoms with Crippen molar-refractivity contribution >= 4 is 22.8 Å². The first kappa shape index (κ1) is 24.8. The Balaban J connectivity index is 1.26. The van der Waals surface area contributed by atoms with Crippen molar-refractivity contribution in [3.8, 4) is 5.75 Å². The Morgan fingerprint density at radius 1 is 1.00 bits per heavy atom. The van der Waals surface area contributed by atoms with Crippen LogP contribution < -0.4 is 10.1 Å². The number of carboxylic acid groups (broad SMARTS) is 1. The highest BCUT2D eigenvalue weighted by molar-refractivity contribution is 6.04. The van der Waals surface area contributed by atoms with E-state index in [-0.39, 0.29) is 17.9 Å². The molecule has 4 saturated carbocycles. The summed E-state index contributed by atoms with van der Waals surface area (Å²) in [5, 5.41) is 13.6. The second-order valence-electron chi connectivity index (χ2n) is 11.3. The lowest BCUT2D eigenvalue weighted by atomic mass is 9.47. The van der Waals surface area contributed by atoms with Gasteiger partial charge in [0.05, 0.1) is 22.8 Å². The van der Waals surface area contributed by atoms with E-state index in [1.165, 1.54) is 24.5 Å². The number of furan rings is 1. The van der Waals surface area contributed by atoms with Crippen molar-refractivity contribution in [3.63, 3.8) is 0 Å². The van der Waals surface area contributed by atoms with Crippen molar-refractivity contribution in [1.29, 1.82) is 0 Å². The smallest absolute Gasteiger partial charge is 0.416 e. The molecule has 4 fully saturated rings. The molecule has 2 N–H and O–H groups in total. The molecule has 9 heteroatoms. The van der Waals surface area contributed by atoms with Crippen LogP contribution in [0.3, 0.4) is 0 Å². The molecule has 7 rings (SSSR count). The molecule has 0 spiro atoms. The van der Waals surface area contributed by atoms with Crippen LogP contribution >= 0.6 is 0 Å². The minimum absolute atomic E-state index is 0.0833. The maximum absolute atomic E-state index is 13.6. The molecule has 1 atom stereocenters. The largest absolute Gasteiger partial charge is 0.487 e. The van der Waals surface area contributed by atoms with Gasteiger partial charge in [-0.2, -0.15) is 13.2 Å². The third-order valence-electron chi connectivity index (χ3n) is 8.72. The molecule has 1 heterocycles. The van der Waals surface area contributed by atoms with Crippen molar-refractivity contribution < 1.29 is 37.0 Å². The number of carbonyl (C=O) groups is 2. The van der Waals surface area contributed by atoms with Crippen LogP contribution in [0, 0.1) is 23.2 Å². The number of carboxylic acids is 1. The summed E-state index contributed by atoms with van der Waals surface area (Å²) in [5.41, 5.74) is -0.0943. The zero-order valence-corrected chi connectivity index (χ0v) is 20.6. The van der Waals surface area contributed by atoms with Crippen molar-refractivity contribution in [2.45, 2.75) is 57.3 Å². The van der Waals surface area contributed by atoms with Gasteiger partial charge in [-0.3, -0.25) is 4.79 Å². The number of carbonyl (C=O) groups excluding carboxylic acids is 1. The van der Waals surface area contributed by atoms with Gasteiger partial charge >= 0.3 is 12.1 Å². The van der Waals surface area contributed by atoms with Crippen LogP contribution in [0.25, 0.3) is 11.0 Å². The van der Waals surface area contributed by atoms with Gasteiger partial charge in [0.2, 0.25) is 0 Å². The zero-order chi connectivity index (χ0) is 26.7. The number of nitrogens with one attached hydrogen (secondary N) is 1. The van der Waals surface area contributed by atoms with Crippen molar-refractivity contribution in [3.05, 3.63) is 65.4 Å². The molecule has 0 saturated heterocycles. The van der Waals surface area contributed by atoms with Gasteiger partial charge in [0, 0.05) is 5.41 Å². The first-order valence-electron chi connectivity index (χ1n) is 12.9. The summed E-state index contributed by atoms with van der Waals surface area (Å²) in [6.07, 6.45) is 2.91. The van der Waals surface area contributed by atoms with E-state index in [4.69, 9.17) is 9.15 Å². The van der Waals surface area contributed by atoms with E-state index >= 15 is 0 Å². The molecule has 0 radical (unpaired) electrons. The zero-order valence-electron chi connectivity index (χ0n) is 20.6. The van der Waals surface area contributed by atoms with Gasteiger partial charge in [-0.05, 0) is 92.2 Å². The summed E-state index contributed by atoms with van der Waals surface area (Å²) in [5.74, 6) is 0.165. The number of fused-ring (bicyclic) bond motifs is 1. The van der Waals surface area contributed by atoms with Gasteiger partial charge in [0.25, 0.3) is 5.91 Å². The van der Waals surface area contributed by atoms with Crippen LogP contribution in [0.4, 0.5) is 13.2 Å². The summed E-state index contributed by atoms with van der Waals surface area (Å²) in [4.78, 5) is 26.1. The average molecular weight is 528 g/mol. The number of ether oxygens (including phenoxy) is 1. The molecule has 3 aromatic rings. The predicted molar refractivity (Wildman–Crippen MR) is 131 cm³/mol. The van der Waals surface area contributed by atoms with E-state index in [1.807, 2.05) is 0 Å². The highest BCUT2D eigenvalue weighted by Crippen LogP contribution is 2.61. The monoisotopic (exact) mass is 527 g/mol. The third kappa shape index (κ3) is 4.41. The summed E-state index contributed by atoms with van der Waals surface area (Å²) in [6.45, 7) is -0.0833. The predicted octanol–water partition coefficient (Wildman–Crippen LogP) is 6.43. The maximum atomic E-state index is 13.6. The molecular weight excluding hydrogens is 499 g/mol. The Kier molecular flexibility index (Phi) is 5.92.